The zero-order chi connectivity index (χ0) is 16.9. The summed E-state index contributed by atoms with van der Waals surface area (Å²) in [6.45, 7) is 6.64. The summed E-state index contributed by atoms with van der Waals surface area (Å²) >= 11 is 0. The van der Waals surface area contributed by atoms with E-state index in [0.717, 1.165) is 37.5 Å². The molecule has 5 rings (SSSR count). The molecule has 5 aliphatic rings. The lowest BCUT2D eigenvalue weighted by atomic mass is 9.44. The molecule has 9 atom stereocenters. The van der Waals surface area contributed by atoms with Crippen LogP contribution >= 0.6 is 0 Å². The van der Waals surface area contributed by atoms with E-state index in [2.05, 4.69) is 13.8 Å². The quantitative estimate of drug-likeness (QED) is 0.745. The highest BCUT2D eigenvalue weighted by Gasteiger charge is 2.79. The van der Waals surface area contributed by atoms with Crippen LogP contribution in [0.1, 0.15) is 72.1 Å². The van der Waals surface area contributed by atoms with Crippen molar-refractivity contribution in [1.29, 1.82) is 0 Å². The summed E-state index contributed by atoms with van der Waals surface area (Å²) in [5.74, 6) is 3.22. The van der Waals surface area contributed by atoms with Gasteiger partial charge in [-0.3, -0.25) is 4.79 Å². The summed E-state index contributed by atoms with van der Waals surface area (Å²) in [5.41, 5.74) is 0.0612. The van der Waals surface area contributed by atoms with Gasteiger partial charge >= 0.3 is 0 Å². The van der Waals surface area contributed by atoms with Crippen LogP contribution in [0, 0.1) is 34.5 Å². The maximum atomic E-state index is 12.4. The monoisotopic (exact) mass is 332 g/mol. The Labute approximate surface area is 145 Å². The first-order chi connectivity index (χ1) is 11.3. The molecule has 3 heteroatoms. The summed E-state index contributed by atoms with van der Waals surface area (Å²) in [5, 5.41) is 10.1. The fourth-order valence-corrected chi connectivity index (χ4v) is 8.30. The molecule has 0 amide bonds. The number of fused-ring (bicyclic) bond motifs is 7. The predicted molar refractivity (Wildman–Crippen MR) is 91.4 cm³/mol. The molecule has 4 aliphatic carbocycles. The van der Waals surface area contributed by atoms with E-state index < -0.39 is 5.60 Å². The Morgan fingerprint density at radius 1 is 1.04 bits per heavy atom. The van der Waals surface area contributed by atoms with E-state index in [4.69, 9.17) is 4.74 Å². The smallest absolute Gasteiger partial charge is 0.164 e. The zero-order valence-electron chi connectivity index (χ0n) is 15.4. The predicted octanol–water partition coefficient (Wildman–Crippen LogP) is 3.73. The molecular formula is C21H32O3. The second-order valence-electron chi connectivity index (χ2n) is 10.2. The fourth-order valence-electron chi connectivity index (χ4n) is 8.30. The molecule has 24 heavy (non-hydrogen) atoms. The van der Waals surface area contributed by atoms with E-state index in [0.29, 0.717) is 17.3 Å². The van der Waals surface area contributed by atoms with Gasteiger partial charge in [-0.2, -0.15) is 0 Å². The van der Waals surface area contributed by atoms with Gasteiger partial charge in [-0.1, -0.05) is 13.8 Å². The Balaban J connectivity index is 1.47. The van der Waals surface area contributed by atoms with Gasteiger partial charge in [0.1, 0.15) is 0 Å². The van der Waals surface area contributed by atoms with Gasteiger partial charge < -0.3 is 9.84 Å². The van der Waals surface area contributed by atoms with E-state index in [1.54, 1.807) is 6.92 Å². The molecule has 1 heterocycles. The van der Waals surface area contributed by atoms with Crippen LogP contribution < -0.4 is 0 Å². The van der Waals surface area contributed by atoms with Crippen molar-refractivity contribution in [3.8, 4) is 0 Å². The molecule has 3 nitrogen and oxygen atoms in total. The van der Waals surface area contributed by atoms with Crippen LogP contribution in [0.5, 0.6) is 0 Å². The standard InChI is InChI=1S/C21H32O3/c1-12(22)21-18(24-21)11-17-15-5-4-13-10-14(23)6-8-19(13,2)16(15)7-9-20(17,21)3/h13-18,23H,4-11H2,1-3H3/t13-,14-,15-,16+,17+,18+,19-,20-,21-/m0/s1. The average Bonchev–Trinajstić information content (AvgIpc) is 3.21. The summed E-state index contributed by atoms with van der Waals surface area (Å²) < 4.78 is 6.02. The first-order valence-electron chi connectivity index (χ1n) is 10.2. The molecule has 0 aromatic heterocycles. The molecular weight excluding hydrogens is 300 g/mol. The number of ketones is 1. The average molecular weight is 332 g/mol. The van der Waals surface area contributed by atoms with Gasteiger partial charge in [0.25, 0.3) is 0 Å². The third kappa shape index (κ3) is 1.65. The lowest BCUT2D eigenvalue weighted by Gasteiger charge is -2.61. The van der Waals surface area contributed by atoms with E-state index in [1.165, 1.54) is 25.7 Å². The Bertz CT molecular complexity index is 588. The van der Waals surface area contributed by atoms with Crippen LogP contribution in [-0.2, 0) is 9.53 Å². The van der Waals surface area contributed by atoms with E-state index in [1.807, 2.05) is 0 Å². The van der Waals surface area contributed by atoms with Crippen LogP contribution in [0.3, 0.4) is 0 Å². The number of hydrogen-bond donors (Lipinski definition) is 1. The van der Waals surface area contributed by atoms with Crippen molar-refractivity contribution in [2.24, 2.45) is 34.5 Å². The molecule has 4 saturated carbocycles. The molecule has 0 aromatic carbocycles. The molecule has 1 N–H and O–H groups in total. The molecule has 0 aromatic rings. The third-order valence-electron chi connectivity index (χ3n) is 9.59. The highest BCUT2D eigenvalue weighted by molar-refractivity contribution is 5.90. The maximum absolute atomic E-state index is 12.4. The summed E-state index contributed by atoms with van der Waals surface area (Å²) in [6, 6.07) is 0. The molecule has 0 unspecified atom stereocenters. The van der Waals surface area contributed by atoms with Crippen molar-refractivity contribution in [2.75, 3.05) is 0 Å². The van der Waals surface area contributed by atoms with Crippen molar-refractivity contribution >= 4 is 5.78 Å². The van der Waals surface area contributed by atoms with Crippen molar-refractivity contribution in [3.05, 3.63) is 0 Å². The SMILES string of the molecule is CC(=O)[C@]12O[C@@H]1C[C@@H]1[C@H]3CC[C@H]4C[C@@H](O)CC[C@]4(C)[C@@H]3CC[C@@]12C. The maximum Gasteiger partial charge on any atom is 0.164 e. The molecule has 1 aliphatic heterocycles. The van der Waals surface area contributed by atoms with Crippen molar-refractivity contribution in [2.45, 2.75) is 89.9 Å². The molecule has 0 spiro atoms. The van der Waals surface area contributed by atoms with Crippen LogP contribution in [0.4, 0.5) is 0 Å². The van der Waals surface area contributed by atoms with Gasteiger partial charge in [0, 0.05) is 5.41 Å². The third-order valence-corrected chi connectivity index (χ3v) is 9.59. The lowest BCUT2D eigenvalue weighted by Crippen LogP contribution is -2.56. The molecule has 0 radical (unpaired) electrons. The highest BCUT2D eigenvalue weighted by atomic mass is 16.6. The zero-order valence-corrected chi connectivity index (χ0v) is 15.4. The van der Waals surface area contributed by atoms with Gasteiger partial charge in [-0.05, 0) is 87.4 Å². The summed E-state index contributed by atoms with van der Waals surface area (Å²) in [6.07, 6.45) is 9.45. The number of aliphatic hydroxyl groups is 1. The Hall–Kier alpha value is -0.410. The largest absolute Gasteiger partial charge is 0.393 e. The van der Waals surface area contributed by atoms with E-state index in [9.17, 15) is 9.90 Å². The van der Waals surface area contributed by atoms with Crippen LogP contribution in [-0.4, -0.2) is 28.7 Å². The normalized spacial score (nSPS) is 61.3. The minimum absolute atomic E-state index is 0.0676. The first-order valence-corrected chi connectivity index (χ1v) is 10.2. The number of Topliss-reactive ketones (excluding diaryl/α,β-unsaturated/α-hetero) is 1. The van der Waals surface area contributed by atoms with Gasteiger partial charge in [0.05, 0.1) is 12.2 Å². The highest BCUT2D eigenvalue weighted by Crippen LogP contribution is 2.73. The Kier molecular flexibility index (Phi) is 3.06. The van der Waals surface area contributed by atoms with Crippen LogP contribution in [0.15, 0.2) is 0 Å². The topological polar surface area (TPSA) is 49.8 Å². The van der Waals surface area contributed by atoms with Crippen LogP contribution in [0.2, 0.25) is 0 Å². The van der Waals surface area contributed by atoms with Crippen molar-refractivity contribution in [3.63, 3.8) is 0 Å². The second kappa shape index (κ2) is 4.65. The number of epoxide rings is 1. The second-order valence-corrected chi connectivity index (χ2v) is 10.2. The van der Waals surface area contributed by atoms with E-state index in [-0.39, 0.29) is 23.4 Å². The number of carbonyl (C=O) groups is 1. The number of aliphatic hydroxyl groups excluding tert-OH is 1. The number of ether oxygens (including phenoxy) is 1. The van der Waals surface area contributed by atoms with Crippen LogP contribution in [0.25, 0.3) is 0 Å². The summed E-state index contributed by atoms with van der Waals surface area (Å²) in [4.78, 5) is 12.4. The molecule has 5 fully saturated rings. The first kappa shape index (κ1) is 15.8. The lowest BCUT2D eigenvalue weighted by molar-refractivity contribution is -0.151. The fraction of sp³-hybridized carbons (Fsp3) is 0.952. The van der Waals surface area contributed by atoms with Gasteiger partial charge in [-0.15, -0.1) is 0 Å². The van der Waals surface area contributed by atoms with Gasteiger partial charge in [0.15, 0.2) is 11.4 Å². The molecule has 134 valence electrons. The van der Waals surface area contributed by atoms with Crippen molar-refractivity contribution in [1.82, 2.24) is 0 Å². The molecule has 1 saturated heterocycles. The number of carbonyl (C=O) groups excluding carboxylic acids is 1. The number of rotatable bonds is 1. The van der Waals surface area contributed by atoms with E-state index >= 15 is 0 Å². The molecule has 0 bridgehead atoms. The Morgan fingerprint density at radius 2 is 1.83 bits per heavy atom. The minimum atomic E-state index is -0.427. The van der Waals surface area contributed by atoms with Crippen molar-refractivity contribution < 1.29 is 14.6 Å². The Morgan fingerprint density at radius 3 is 2.58 bits per heavy atom. The summed E-state index contributed by atoms with van der Waals surface area (Å²) in [7, 11) is 0. The van der Waals surface area contributed by atoms with Gasteiger partial charge in [-0.25, -0.2) is 0 Å². The minimum Gasteiger partial charge on any atom is -0.393 e. The van der Waals surface area contributed by atoms with Gasteiger partial charge in [0.2, 0.25) is 0 Å². The number of hydrogen-bond acceptors (Lipinski definition) is 3.